The summed E-state index contributed by atoms with van der Waals surface area (Å²) >= 11 is 3.40. The summed E-state index contributed by atoms with van der Waals surface area (Å²) in [6, 6.07) is 3.75. The van der Waals surface area contributed by atoms with Crippen LogP contribution in [-0.4, -0.2) is 22.2 Å². The molecular weight excluding hydrogens is 298 g/mol. The van der Waals surface area contributed by atoms with Crippen molar-refractivity contribution in [2.45, 2.75) is 38.7 Å². The zero-order valence-electron chi connectivity index (χ0n) is 10.2. The quantitative estimate of drug-likeness (QED) is 0.931. The number of pyridine rings is 1. The van der Waals surface area contributed by atoms with E-state index in [2.05, 4.69) is 20.9 Å². The molecule has 1 aromatic heterocycles. The molecule has 0 spiro atoms. The van der Waals surface area contributed by atoms with Gasteiger partial charge in [0.1, 0.15) is 6.10 Å². The molecule has 0 amide bonds. The minimum absolute atomic E-state index is 0.0914. The molecule has 1 fully saturated rings. The Bertz CT molecular complexity index is 442. The summed E-state index contributed by atoms with van der Waals surface area (Å²) in [4.78, 5) is 15.2. The van der Waals surface area contributed by atoms with Gasteiger partial charge in [-0.2, -0.15) is 0 Å². The number of hydrogen-bond acceptors (Lipinski definition) is 3. The van der Waals surface area contributed by atoms with Crippen molar-refractivity contribution >= 4 is 21.9 Å². The molecule has 1 aliphatic rings. The van der Waals surface area contributed by atoms with Crippen molar-refractivity contribution in [3.63, 3.8) is 0 Å². The Morgan fingerprint density at radius 3 is 2.61 bits per heavy atom. The molecule has 0 unspecified atom stereocenters. The van der Waals surface area contributed by atoms with Gasteiger partial charge in [0, 0.05) is 10.5 Å². The van der Waals surface area contributed by atoms with Gasteiger partial charge in [-0.05, 0) is 54.6 Å². The summed E-state index contributed by atoms with van der Waals surface area (Å²) in [5, 5.41) is 8.92. The van der Waals surface area contributed by atoms with Crippen LogP contribution in [0.5, 0.6) is 5.88 Å². The van der Waals surface area contributed by atoms with Crippen molar-refractivity contribution in [1.82, 2.24) is 4.98 Å². The third-order valence-corrected chi connectivity index (χ3v) is 4.14. The van der Waals surface area contributed by atoms with Gasteiger partial charge in [0.05, 0.1) is 11.6 Å². The Morgan fingerprint density at radius 2 is 2.06 bits per heavy atom. The lowest BCUT2D eigenvalue weighted by Crippen LogP contribution is -2.28. The minimum atomic E-state index is -0.689. The summed E-state index contributed by atoms with van der Waals surface area (Å²) in [5.41, 5.74) is 0.895. The van der Waals surface area contributed by atoms with E-state index < -0.39 is 5.97 Å². The van der Waals surface area contributed by atoms with Crippen LogP contribution in [0.4, 0.5) is 0 Å². The number of aromatic nitrogens is 1. The van der Waals surface area contributed by atoms with Gasteiger partial charge in [-0.15, -0.1) is 0 Å². The lowest BCUT2D eigenvalue weighted by atomic mass is 9.87. The lowest BCUT2D eigenvalue weighted by Gasteiger charge is -2.26. The molecule has 5 heteroatoms. The zero-order chi connectivity index (χ0) is 13.1. The van der Waals surface area contributed by atoms with Gasteiger partial charge in [0.25, 0.3) is 0 Å². The smallest absolute Gasteiger partial charge is 0.306 e. The summed E-state index contributed by atoms with van der Waals surface area (Å²) < 4.78 is 6.76. The monoisotopic (exact) mass is 313 g/mol. The van der Waals surface area contributed by atoms with E-state index >= 15 is 0 Å². The van der Waals surface area contributed by atoms with Crippen molar-refractivity contribution in [1.29, 1.82) is 0 Å². The number of ether oxygens (including phenoxy) is 1. The van der Waals surface area contributed by atoms with E-state index in [9.17, 15) is 4.79 Å². The fourth-order valence-corrected chi connectivity index (χ4v) is 2.41. The SMILES string of the molecule is Cc1nc(O[C@H]2CC[C@@H](C(=O)O)CC2)ccc1Br. The van der Waals surface area contributed by atoms with E-state index in [0.29, 0.717) is 18.7 Å². The number of rotatable bonds is 3. The number of carboxylic acids is 1. The molecule has 0 aromatic carbocycles. The fraction of sp³-hybridized carbons (Fsp3) is 0.538. The van der Waals surface area contributed by atoms with Crippen LogP contribution in [0.2, 0.25) is 0 Å². The molecule has 0 saturated heterocycles. The van der Waals surface area contributed by atoms with Crippen LogP contribution >= 0.6 is 15.9 Å². The molecule has 0 aliphatic heterocycles. The van der Waals surface area contributed by atoms with Crippen LogP contribution in [0.3, 0.4) is 0 Å². The Balaban J connectivity index is 1.91. The van der Waals surface area contributed by atoms with E-state index in [1.807, 2.05) is 19.1 Å². The molecule has 1 N–H and O–H groups in total. The van der Waals surface area contributed by atoms with Gasteiger partial charge in [-0.1, -0.05) is 0 Å². The van der Waals surface area contributed by atoms with Crippen molar-refractivity contribution in [2.75, 3.05) is 0 Å². The molecular formula is C13H16BrNO3. The van der Waals surface area contributed by atoms with Gasteiger partial charge in [0.2, 0.25) is 5.88 Å². The highest BCUT2D eigenvalue weighted by molar-refractivity contribution is 9.10. The normalized spacial score (nSPS) is 23.7. The predicted octanol–water partition coefficient (Wildman–Crippen LogP) is 3.17. The second kappa shape index (κ2) is 5.69. The second-order valence-electron chi connectivity index (χ2n) is 4.65. The first-order chi connectivity index (χ1) is 8.56. The fourth-order valence-electron chi connectivity index (χ4n) is 2.19. The Labute approximate surface area is 115 Å². The van der Waals surface area contributed by atoms with E-state index in [0.717, 1.165) is 23.0 Å². The molecule has 2 rings (SSSR count). The number of halogens is 1. The maximum Gasteiger partial charge on any atom is 0.306 e. The number of aliphatic carboxylic acids is 1. The molecule has 1 heterocycles. The molecule has 1 aliphatic carbocycles. The van der Waals surface area contributed by atoms with Crippen LogP contribution in [-0.2, 0) is 4.79 Å². The largest absolute Gasteiger partial charge is 0.481 e. The topological polar surface area (TPSA) is 59.4 Å². The van der Waals surface area contributed by atoms with Gasteiger partial charge in [-0.25, -0.2) is 4.98 Å². The lowest BCUT2D eigenvalue weighted by molar-refractivity contribution is -0.143. The maximum atomic E-state index is 10.8. The summed E-state index contributed by atoms with van der Waals surface area (Å²) in [6.45, 7) is 1.91. The van der Waals surface area contributed by atoms with E-state index in [1.54, 1.807) is 0 Å². The Morgan fingerprint density at radius 1 is 1.39 bits per heavy atom. The Kier molecular flexibility index (Phi) is 4.22. The van der Waals surface area contributed by atoms with Crippen LogP contribution < -0.4 is 4.74 Å². The molecule has 0 bridgehead atoms. The Hall–Kier alpha value is -1.10. The minimum Gasteiger partial charge on any atom is -0.481 e. The highest BCUT2D eigenvalue weighted by atomic mass is 79.9. The van der Waals surface area contributed by atoms with E-state index in [-0.39, 0.29) is 12.0 Å². The molecule has 98 valence electrons. The van der Waals surface area contributed by atoms with Crippen molar-refractivity contribution < 1.29 is 14.6 Å². The highest BCUT2D eigenvalue weighted by Gasteiger charge is 2.27. The van der Waals surface area contributed by atoms with Crippen LogP contribution in [0.15, 0.2) is 16.6 Å². The predicted molar refractivity (Wildman–Crippen MR) is 70.7 cm³/mol. The number of hydrogen-bond donors (Lipinski definition) is 1. The third-order valence-electron chi connectivity index (χ3n) is 3.31. The summed E-state index contributed by atoms with van der Waals surface area (Å²) in [6.07, 6.45) is 3.04. The van der Waals surface area contributed by atoms with Gasteiger partial charge < -0.3 is 9.84 Å². The molecule has 1 saturated carbocycles. The van der Waals surface area contributed by atoms with Crippen molar-refractivity contribution in [3.05, 3.63) is 22.3 Å². The summed E-state index contributed by atoms with van der Waals surface area (Å²) in [7, 11) is 0. The van der Waals surface area contributed by atoms with Crippen LogP contribution in [0.25, 0.3) is 0 Å². The standard InChI is InChI=1S/C13H16BrNO3/c1-8-11(14)6-7-12(15-8)18-10-4-2-9(3-5-10)13(16)17/h6-7,9-10H,2-5H2,1H3,(H,16,17)/t9-,10+. The average molecular weight is 314 g/mol. The maximum absolute atomic E-state index is 10.8. The number of aryl methyl sites for hydroxylation is 1. The van der Waals surface area contributed by atoms with Crippen LogP contribution in [0.1, 0.15) is 31.4 Å². The zero-order valence-corrected chi connectivity index (χ0v) is 11.8. The van der Waals surface area contributed by atoms with Gasteiger partial charge >= 0.3 is 5.97 Å². The first-order valence-electron chi connectivity index (χ1n) is 6.09. The van der Waals surface area contributed by atoms with Gasteiger partial charge in [0.15, 0.2) is 0 Å². The van der Waals surface area contributed by atoms with Crippen LogP contribution in [0, 0.1) is 12.8 Å². The average Bonchev–Trinajstić information content (AvgIpc) is 2.34. The molecule has 4 nitrogen and oxygen atoms in total. The van der Waals surface area contributed by atoms with E-state index in [1.165, 1.54) is 0 Å². The van der Waals surface area contributed by atoms with Crippen molar-refractivity contribution in [2.24, 2.45) is 5.92 Å². The number of carboxylic acid groups (broad SMARTS) is 1. The number of carbonyl (C=O) groups is 1. The van der Waals surface area contributed by atoms with Gasteiger partial charge in [-0.3, -0.25) is 4.79 Å². The van der Waals surface area contributed by atoms with Crippen molar-refractivity contribution in [3.8, 4) is 5.88 Å². The van der Waals surface area contributed by atoms with E-state index in [4.69, 9.17) is 9.84 Å². The third kappa shape index (κ3) is 3.22. The molecule has 18 heavy (non-hydrogen) atoms. The summed E-state index contributed by atoms with van der Waals surface area (Å²) in [5.74, 6) is -0.273. The molecule has 0 atom stereocenters. The first-order valence-corrected chi connectivity index (χ1v) is 6.88. The first kappa shape index (κ1) is 13.3. The number of nitrogens with zero attached hydrogens (tertiary/aromatic N) is 1. The second-order valence-corrected chi connectivity index (χ2v) is 5.50. The molecule has 1 aromatic rings. The highest BCUT2D eigenvalue weighted by Crippen LogP contribution is 2.28. The molecule has 0 radical (unpaired) electrons.